The molecule has 1 aromatic carbocycles. The molecular formula is C26H36Cl2N6O6. The van der Waals surface area contributed by atoms with E-state index in [1.165, 1.54) is 6.21 Å². The highest BCUT2D eigenvalue weighted by molar-refractivity contribution is 6.45. The molecule has 12 nitrogen and oxygen atoms in total. The lowest BCUT2D eigenvalue weighted by molar-refractivity contribution is -0.135. The SMILES string of the molecule is NCCOCCOCCOCCNC(=O)CN=C/C=C(\N)c1cc(Cl)c(Cl)c2[nH]c3c(c12)CN(C(=O)CO)CC3. The maximum absolute atomic E-state index is 12.1. The van der Waals surface area contributed by atoms with Gasteiger partial charge in [-0.1, -0.05) is 23.2 Å². The Labute approximate surface area is 242 Å². The largest absolute Gasteiger partial charge is 0.398 e. The van der Waals surface area contributed by atoms with Gasteiger partial charge in [-0.25, -0.2) is 0 Å². The first kappa shape index (κ1) is 31.8. The quantitative estimate of drug-likeness (QED) is 0.139. The standard InChI is InChI=1S/C26H36Cl2N6O6/c27-19-13-17(24-18-15-34(23(37)16-35)6-2-21(18)33-26(24)25(19)28)20(30)1-4-31-14-22(36)32-5-8-39-10-12-40-11-9-38-7-3-29/h1,4,13,33,35H,2-3,5-12,14-16,29-30H2,(H,32,36)/b20-1-,31-4?. The Kier molecular flexibility index (Phi) is 13.1. The fourth-order valence-corrected chi connectivity index (χ4v) is 4.58. The Balaban J connectivity index is 1.50. The van der Waals surface area contributed by atoms with Gasteiger partial charge < -0.3 is 46.0 Å². The normalized spacial score (nSPS) is 13.8. The molecule has 3 rings (SSSR count). The number of ether oxygens (including phenoxy) is 3. The van der Waals surface area contributed by atoms with Gasteiger partial charge in [0.15, 0.2) is 0 Å². The highest BCUT2D eigenvalue weighted by Gasteiger charge is 2.27. The number of halogens is 2. The molecule has 7 N–H and O–H groups in total. The number of nitrogens with two attached hydrogens (primary N) is 2. The number of H-pyrrole nitrogens is 1. The zero-order chi connectivity index (χ0) is 28.9. The van der Waals surface area contributed by atoms with E-state index < -0.39 is 6.61 Å². The molecule has 2 aromatic rings. The van der Waals surface area contributed by atoms with Gasteiger partial charge in [0.1, 0.15) is 13.2 Å². The van der Waals surface area contributed by atoms with Crippen molar-refractivity contribution in [2.75, 3.05) is 72.4 Å². The van der Waals surface area contributed by atoms with E-state index in [1.54, 1.807) is 17.0 Å². The summed E-state index contributed by atoms with van der Waals surface area (Å²) >= 11 is 12.9. The van der Waals surface area contributed by atoms with Gasteiger partial charge in [0, 0.05) is 66.7 Å². The molecule has 0 aliphatic carbocycles. The molecule has 14 heteroatoms. The summed E-state index contributed by atoms with van der Waals surface area (Å²) in [5, 5.41) is 13.4. The Morgan fingerprint density at radius 1 is 1.15 bits per heavy atom. The number of aliphatic hydroxyl groups excluding tert-OH is 1. The van der Waals surface area contributed by atoms with Gasteiger partial charge >= 0.3 is 0 Å². The second-order valence-corrected chi connectivity index (χ2v) is 9.65. The summed E-state index contributed by atoms with van der Waals surface area (Å²) in [4.78, 5) is 33.2. The number of amides is 2. The van der Waals surface area contributed by atoms with Gasteiger partial charge in [-0.15, -0.1) is 0 Å². The fraction of sp³-hybridized carbons (Fsp3) is 0.500. The summed E-state index contributed by atoms with van der Waals surface area (Å²) in [6.45, 7) is 3.67. The van der Waals surface area contributed by atoms with Crippen molar-refractivity contribution < 1.29 is 28.9 Å². The molecule has 1 aliphatic rings. The number of aliphatic imine (C=N–C) groups is 1. The van der Waals surface area contributed by atoms with E-state index in [-0.39, 0.29) is 18.4 Å². The van der Waals surface area contributed by atoms with E-state index in [2.05, 4.69) is 15.3 Å². The van der Waals surface area contributed by atoms with E-state index in [9.17, 15) is 14.7 Å². The van der Waals surface area contributed by atoms with Gasteiger partial charge in [-0.05, 0) is 12.1 Å². The van der Waals surface area contributed by atoms with Crippen molar-refractivity contribution in [1.82, 2.24) is 15.2 Å². The number of aliphatic hydroxyl groups is 1. The van der Waals surface area contributed by atoms with Crippen LogP contribution in [0.3, 0.4) is 0 Å². The number of aromatic amines is 1. The second kappa shape index (κ2) is 16.5. The van der Waals surface area contributed by atoms with Crippen LogP contribution in [-0.2, 0) is 36.8 Å². The van der Waals surface area contributed by atoms with Crippen LogP contribution < -0.4 is 16.8 Å². The van der Waals surface area contributed by atoms with Gasteiger partial charge in [0.25, 0.3) is 0 Å². The van der Waals surface area contributed by atoms with E-state index in [4.69, 9.17) is 48.9 Å². The minimum absolute atomic E-state index is 0.0791. The van der Waals surface area contributed by atoms with E-state index in [0.29, 0.717) is 99.1 Å². The highest BCUT2D eigenvalue weighted by atomic mass is 35.5. The molecule has 0 spiro atoms. The van der Waals surface area contributed by atoms with Crippen LogP contribution in [0.2, 0.25) is 10.0 Å². The fourth-order valence-electron chi connectivity index (χ4n) is 4.18. The van der Waals surface area contributed by atoms with Crippen LogP contribution in [0.25, 0.3) is 16.6 Å². The Bertz CT molecular complexity index is 1220. The maximum Gasteiger partial charge on any atom is 0.248 e. The number of nitrogens with one attached hydrogen (secondary N) is 2. The van der Waals surface area contributed by atoms with E-state index in [1.807, 2.05) is 0 Å². The summed E-state index contributed by atoms with van der Waals surface area (Å²) in [5.41, 5.74) is 15.1. The maximum atomic E-state index is 12.1. The molecule has 220 valence electrons. The first-order chi connectivity index (χ1) is 19.4. The van der Waals surface area contributed by atoms with Crippen molar-refractivity contribution >= 4 is 57.8 Å². The number of hydrogen-bond donors (Lipinski definition) is 5. The van der Waals surface area contributed by atoms with Crippen LogP contribution in [0.15, 0.2) is 17.1 Å². The van der Waals surface area contributed by atoms with Gasteiger partial charge in [0.05, 0.1) is 55.2 Å². The number of aromatic nitrogens is 1. The number of allylic oxidation sites excluding steroid dienone is 1. The number of hydrogen-bond acceptors (Lipinski definition) is 9. The number of rotatable bonds is 16. The van der Waals surface area contributed by atoms with Crippen molar-refractivity contribution in [2.45, 2.75) is 13.0 Å². The van der Waals surface area contributed by atoms with E-state index >= 15 is 0 Å². The summed E-state index contributed by atoms with van der Waals surface area (Å²) in [6, 6.07) is 1.67. The molecule has 2 amide bonds. The molecule has 0 unspecified atom stereocenters. The Hall–Kier alpha value is -2.71. The lowest BCUT2D eigenvalue weighted by atomic mass is 9.99. The predicted molar refractivity (Wildman–Crippen MR) is 155 cm³/mol. The molecule has 0 fully saturated rings. The topological polar surface area (TPSA) is 178 Å². The number of benzene rings is 1. The Morgan fingerprint density at radius 3 is 2.55 bits per heavy atom. The molecular weight excluding hydrogens is 563 g/mol. The van der Waals surface area contributed by atoms with Crippen molar-refractivity contribution in [3.05, 3.63) is 39.0 Å². The van der Waals surface area contributed by atoms with Crippen molar-refractivity contribution in [2.24, 2.45) is 16.5 Å². The van der Waals surface area contributed by atoms with Gasteiger partial charge in [-0.3, -0.25) is 14.6 Å². The average molecular weight is 600 g/mol. The number of carbonyl (C=O) groups is 2. The Morgan fingerprint density at radius 2 is 1.85 bits per heavy atom. The van der Waals surface area contributed by atoms with Crippen LogP contribution in [0, 0.1) is 0 Å². The van der Waals surface area contributed by atoms with Gasteiger partial charge in [0.2, 0.25) is 11.8 Å². The van der Waals surface area contributed by atoms with Gasteiger partial charge in [-0.2, -0.15) is 0 Å². The van der Waals surface area contributed by atoms with Crippen LogP contribution >= 0.6 is 23.2 Å². The highest BCUT2D eigenvalue weighted by Crippen LogP contribution is 2.39. The summed E-state index contributed by atoms with van der Waals surface area (Å²) in [5.74, 6) is -0.609. The number of carbonyl (C=O) groups excluding carboxylic acids is 2. The molecule has 1 aromatic heterocycles. The van der Waals surface area contributed by atoms with Crippen molar-refractivity contribution in [3.8, 4) is 0 Å². The zero-order valence-corrected chi connectivity index (χ0v) is 23.7. The van der Waals surface area contributed by atoms with Crippen LogP contribution in [0.5, 0.6) is 0 Å². The second-order valence-electron chi connectivity index (χ2n) is 8.86. The third kappa shape index (κ3) is 8.90. The lowest BCUT2D eigenvalue weighted by Crippen LogP contribution is -2.37. The van der Waals surface area contributed by atoms with E-state index in [0.717, 1.165) is 16.6 Å². The lowest BCUT2D eigenvalue weighted by Gasteiger charge is -2.27. The molecule has 0 bridgehead atoms. The van der Waals surface area contributed by atoms with Crippen molar-refractivity contribution in [3.63, 3.8) is 0 Å². The van der Waals surface area contributed by atoms with Crippen LogP contribution in [-0.4, -0.2) is 105 Å². The van der Waals surface area contributed by atoms with Crippen LogP contribution in [0.4, 0.5) is 0 Å². The van der Waals surface area contributed by atoms with Crippen LogP contribution in [0.1, 0.15) is 16.8 Å². The molecule has 40 heavy (non-hydrogen) atoms. The molecule has 0 radical (unpaired) electrons. The monoisotopic (exact) mass is 598 g/mol. The zero-order valence-electron chi connectivity index (χ0n) is 22.2. The summed E-state index contributed by atoms with van der Waals surface area (Å²) in [6.07, 6.45) is 3.61. The third-order valence-corrected chi connectivity index (χ3v) is 6.90. The molecule has 0 atom stereocenters. The predicted octanol–water partition coefficient (Wildman–Crippen LogP) is 0.847. The first-order valence-corrected chi connectivity index (χ1v) is 13.7. The average Bonchev–Trinajstić information content (AvgIpc) is 3.34. The summed E-state index contributed by atoms with van der Waals surface area (Å²) < 4.78 is 16.0. The number of fused-ring (bicyclic) bond motifs is 3. The third-order valence-electron chi connectivity index (χ3n) is 6.11. The summed E-state index contributed by atoms with van der Waals surface area (Å²) in [7, 11) is 0. The minimum Gasteiger partial charge on any atom is -0.398 e. The van der Waals surface area contributed by atoms with Crippen molar-refractivity contribution in [1.29, 1.82) is 0 Å². The molecule has 0 saturated carbocycles. The molecule has 0 saturated heterocycles. The first-order valence-electron chi connectivity index (χ1n) is 12.9. The molecule has 2 heterocycles. The minimum atomic E-state index is -0.558. The number of nitrogens with zero attached hydrogens (tertiary/aromatic N) is 2. The smallest absolute Gasteiger partial charge is 0.248 e. The molecule has 1 aliphatic heterocycles.